The van der Waals surface area contributed by atoms with Crippen molar-refractivity contribution in [1.82, 2.24) is 5.32 Å². The van der Waals surface area contributed by atoms with Crippen molar-refractivity contribution in [1.29, 1.82) is 0 Å². The van der Waals surface area contributed by atoms with Crippen LogP contribution in [0.15, 0.2) is 51.7 Å². The predicted octanol–water partition coefficient (Wildman–Crippen LogP) is 3.61. The number of hydrogen-bond donors (Lipinski definition) is 2. The molecule has 0 spiro atoms. The fraction of sp³-hybridized carbons (Fsp3) is 0.188. The molecule has 1 amide bonds. The van der Waals surface area contributed by atoms with E-state index in [4.69, 9.17) is 0 Å². The first-order valence-electron chi connectivity index (χ1n) is 6.49. The Balaban J connectivity index is 2.08. The van der Waals surface area contributed by atoms with Crippen LogP contribution in [0.2, 0.25) is 0 Å². The van der Waals surface area contributed by atoms with E-state index in [1.165, 1.54) is 5.57 Å². The summed E-state index contributed by atoms with van der Waals surface area (Å²) in [5, 5.41) is 6.25. The number of halogens is 1. The van der Waals surface area contributed by atoms with Crippen molar-refractivity contribution in [3.05, 3.63) is 57.2 Å². The number of carbonyl (C=O) groups is 1. The molecular formula is C16H15BrN2O. The Bertz CT molecular complexity index is 698. The molecule has 0 radical (unpaired) electrons. The van der Waals surface area contributed by atoms with Crippen LogP contribution in [0, 0.1) is 0 Å². The smallest absolute Gasteiger partial charge is 0.256 e. The zero-order valence-electron chi connectivity index (χ0n) is 11.4. The van der Waals surface area contributed by atoms with Crippen LogP contribution in [-0.2, 0) is 4.79 Å². The Kier molecular flexibility index (Phi) is 3.26. The summed E-state index contributed by atoms with van der Waals surface area (Å²) in [6, 6.07) is 5.81. The molecular weight excluding hydrogens is 316 g/mol. The summed E-state index contributed by atoms with van der Waals surface area (Å²) >= 11 is 3.45. The van der Waals surface area contributed by atoms with Gasteiger partial charge < -0.3 is 10.6 Å². The van der Waals surface area contributed by atoms with Crippen LogP contribution in [0.3, 0.4) is 0 Å². The third-order valence-corrected chi connectivity index (χ3v) is 3.99. The van der Waals surface area contributed by atoms with Crippen molar-refractivity contribution in [2.24, 2.45) is 0 Å². The van der Waals surface area contributed by atoms with Crippen molar-refractivity contribution < 1.29 is 4.79 Å². The number of dihydropyridines is 1. The van der Waals surface area contributed by atoms with E-state index < -0.39 is 0 Å². The van der Waals surface area contributed by atoms with E-state index in [1.807, 2.05) is 24.3 Å². The first-order chi connectivity index (χ1) is 9.54. The van der Waals surface area contributed by atoms with Crippen molar-refractivity contribution in [3.8, 4) is 0 Å². The molecule has 3 rings (SSSR count). The maximum Gasteiger partial charge on any atom is 0.256 e. The Morgan fingerprint density at radius 3 is 2.85 bits per heavy atom. The number of rotatable bonds is 1. The van der Waals surface area contributed by atoms with Gasteiger partial charge in [0.1, 0.15) is 0 Å². The molecule has 3 nitrogen and oxygen atoms in total. The highest BCUT2D eigenvalue weighted by Crippen LogP contribution is 2.34. The lowest BCUT2D eigenvalue weighted by atomic mass is 10.0. The van der Waals surface area contributed by atoms with Crippen LogP contribution >= 0.6 is 15.9 Å². The SMILES string of the molecule is CC1=CC(C)=C(/C=C2\C(=O)Nc3ccc(Br)cc32)NC1. The normalized spacial score (nSPS) is 19.6. The lowest BCUT2D eigenvalue weighted by molar-refractivity contribution is -0.110. The maximum absolute atomic E-state index is 12.1. The van der Waals surface area contributed by atoms with Gasteiger partial charge in [0.2, 0.25) is 0 Å². The largest absolute Gasteiger partial charge is 0.381 e. The van der Waals surface area contributed by atoms with Crippen molar-refractivity contribution >= 4 is 33.1 Å². The summed E-state index contributed by atoms with van der Waals surface area (Å²) in [7, 11) is 0. The number of carbonyl (C=O) groups excluding carboxylic acids is 1. The standard InChI is InChI=1S/C16H15BrN2O/c1-9-5-10(2)15(18-8-9)7-13-12-6-11(17)3-4-14(12)19-16(13)20/h3-7,18H,8H2,1-2H3,(H,19,20)/b13-7-. The molecule has 0 fully saturated rings. The second kappa shape index (κ2) is 4.94. The zero-order valence-corrected chi connectivity index (χ0v) is 13.0. The summed E-state index contributed by atoms with van der Waals surface area (Å²) in [5.74, 6) is -0.0496. The van der Waals surface area contributed by atoms with Gasteiger partial charge in [-0.1, -0.05) is 27.6 Å². The molecule has 0 saturated carbocycles. The number of hydrogen-bond acceptors (Lipinski definition) is 2. The van der Waals surface area contributed by atoms with Gasteiger partial charge in [-0.2, -0.15) is 0 Å². The number of benzene rings is 1. The van der Waals surface area contributed by atoms with Gasteiger partial charge in [0, 0.05) is 28.0 Å². The molecule has 20 heavy (non-hydrogen) atoms. The molecule has 0 aliphatic carbocycles. The highest BCUT2D eigenvalue weighted by Gasteiger charge is 2.24. The lowest BCUT2D eigenvalue weighted by Gasteiger charge is -2.16. The lowest BCUT2D eigenvalue weighted by Crippen LogP contribution is -2.20. The maximum atomic E-state index is 12.1. The summed E-state index contributed by atoms with van der Waals surface area (Å²) in [6.45, 7) is 4.97. The minimum Gasteiger partial charge on any atom is -0.381 e. The highest BCUT2D eigenvalue weighted by atomic mass is 79.9. The van der Waals surface area contributed by atoms with Gasteiger partial charge in [-0.05, 0) is 43.7 Å². The summed E-state index contributed by atoms with van der Waals surface area (Å²) in [4.78, 5) is 12.1. The van der Waals surface area contributed by atoms with Gasteiger partial charge in [0.05, 0.1) is 5.57 Å². The molecule has 1 aromatic carbocycles. The number of allylic oxidation sites excluding steroid dienone is 3. The molecule has 2 N–H and O–H groups in total. The highest BCUT2D eigenvalue weighted by molar-refractivity contribution is 9.10. The number of fused-ring (bicyclic) bond motifs is 1. The van der Waals surface area contributed by atoms with Gasteiger partial charge in [0.15, 0.2) is 0 Å². The van der Waals surface area contributed by atoms with Gasteiger partial charge in [-0.25, -0.2) is 0 Å². The average Bonchev–Trinajstić information content (AvgIpc) is 2.69. The van der Waals surface area contributed by atoms with E-state index in [9.17, 15) is 4.79 Å². The number of amides is 1. The molecule has 0 aromatic heterocycles. The van der Waals surface area contributed by atoms with Gasteiger partial charge in [-0.3, -0.25) is 4.79 Å². The fourth-order valence-electron chi connectivity index (χ4n) is 2.49. The molecule has 0 unspecified atom stereocenters. The van der Waals surface area contributed by atoms with Crippen molar-refractivity contribution in [3.63, 3.8) is 0 Å². The Morgan fingerprint density at radius 2 is 2.10 bits per heavy atom. The van der Waals surface area contributed by atoms with E-state index in [0.717, 1.165) is 33.5 Å². The third-order valence-electron chi connectivity index (χ3n) is 3.50. The molecule has 1 aromatic rings. The van der Waals surface area contributed by atoms with Crippen LogP contribution in [-0.4, -0.2) is 12.5 Å². The Morgan fingerprint density at radius 1 is 1.30 bits per heavy atom. The fourth-order valence-corrected chi connectivity index (χ4v) is 2.85. The Hall–Kier alpha value is -1.81. The van der Waals surface area contributed by atoms with E-state index in [2.05, 4.69) is 46.5 Å². The molecule has 0 saturated heterocycles. The zero-order chi connectivity index (χ0) is 14.3. The molecule has 2 aliphatic heterocycles. The van der Waals surface area contributed by atoms with Crippen LogP contribution < -0.4 is 10.6 Å². The minimum absolute atomic E-state index is 0.0496. The van der Waals surface area contributed by atoms with E-state index >= 15 is 0 Å². The number of nitrogens with one attached hydrogen (secondary N) is 2. The van der Waals surface area contributed by atoms with Gasteiger partial charge in [0.25, 0.3) is 5.91 Å². The second-order valence-corrected chi connectivity index (χ2v) is 6.06. The molecule has 2 aliphatic rings. The molecule has 0 bridgehead atoms. The third kappa shape index (κ3) is 2.31. The van der Waals surface area contributed by atoms with Crippen molar-refractivity contribution in [2.45, 2.75) is 13.8 Å². The van der Waals surface area contributed by atoms with Crippen LogP contribution in [0.25, 0.3) is 5.57 Å². The van der Waals surface area contributed by atoms with Gasteiger partial charge >= 0.3 is 0 Å². The van der Waals surface area contributed by atoms with Crippen molar-refractivity contribution in [2.75, 3.05) is 11.9 Å². The van der Waals surface area contributed by atoms with Crippen LogP contribution in [0.1, 0.15) is 19.4 Å². The molecule has 4 heteroatoms. The first kappa shape index (κ1) is 13.2. The van der Waals surface area contributed by atoms with Gasteiger partial charge in [-0.15, -0.1) is 0 Å². The molecule has 2 heterocycles. The summed E-state index contributed by atoms with van der Waals surface area (Å²) in [5.41, 5.74) is 5.97. The summed E-state index contributed by atoms with van der Waals surface area (Å²) < 4.78 is 0.969. The van der Waals surface area contributed by atoms with E-state index in [1.54, 1.807) is 0 Å². The minimum atomic E-state index is -0.0496. The first-order valence-corrected chi connectivity index (χ1v) is 7.29. The Labute approximate surface area is 126 Å². The van der Waals surface area contributed by atoms with Crippen LogP contribution in [0.5, 0.6) is 0 Å². The summed E-state index contributed by atoms with van der Waals surface area (Å²) in [6.07, 6.45) is 4.09. The average molecular weight is 331 g/mol. The van der Waals surface area contributed by atoms with E-state index in [0.29, 0.717) is 5.57 Å². The second-order valence-electron chi connectivity index (χ2n) is 5.14. The number of anilines is 1. The topological polar surface area (TPSA) is 41.1 Å². The predicted molar refractivity (Wildman–Crippen MR) is 85.2 cm³/mol. The molecule has 0 atom stereocenters. The molecule has 102 valence electrons. The van der Waals surface area contributed by atoms with Crippen LogP contribution in [0.4, 0.5) is 5.69 Å². The van der Waals surface area contributed by atoms with E-state index in [-0.39, 0.29) is 5.91 Å². The quantitative estimate of drug-likeness (QED) is 0.772. The monoisotopic (exact) mass is 330 g/mol.